The normalized spacial score (nSPS) is 22.4. The summed E-state index contributed by atoms with van der Waals surface area (Å²) in [6.45, 7) is 2.78. The summed E-state index contributed by atoms with van der Waals surface area (Å²) in [5.41, 5.74) is 1.04. The molecule has 1 aliphatic carbocycles. The molecule has 1 aliphatic rings. The summed E-state index contributed by atoms with van der Waals surface area (Å²) in [4.78, 5) is 0. The van der Waals surface area contributed by atoms with Crippen LogP contribution in [0.3, 0.4) is 0 Å². The Morgan fingerprint density at radius 1 is 1.39 bits per heavy atom. The molecule has 0 radical (unpaired) electrons. The molecular weight excluding hydrogens is 250 g/mol. The van der Waals surface area contributed by atoms with Crippen LogP contribution in [0.2, 0.25) is 5.02 Å². The van der Waals surface area contributed by atoms with Gasteiger partial charge in [0, 0.05) is 18.8 Å². The minimum atomic E-state index is 0.408. The molecule has 0 aromatic heterocycles. The topological polar surface area (TPSA) is 30.5 Å². The van der Waals surface area contributed by atoms with Crippen molar-refractivity contribution < 1.29 is 9.47 Å². The van der Waals surface area contributed by atoms with Gasteiger partial charge in [0.25, 0.3) is 0 Å². The van der Waals surface area contributed by atoms with Crippen LogP contribution in [0.15, 0.2) is 18.2 Å². The van der Waals surface area contributed by atoms with Gasteiger partial charge in [-0.1, -0.05) is 18.5 Å². The second-order valence-corrected chi connectivity index (χ2v) is 5.07. The first kappa shape index (κ1) is 13.5. The monoisotopic (exact) mass is 269 g/mol. The summed E-state index contributed by atoms with van der Waals surface area (Å²) in [7, 11) is 1.76. The average Bonchev–Trinajstić information content (AvgIpc) is 2.32. The second kappa shape index (κ2) is 6.30. The molecule has 1 aromatic rings. The Bertz CT molecular complexity index is 391. The zero-order valence-corrected chi connectivity index (χ0v) is 11.7. The summed E-state index contributed by atoms with van der Waals surface area (Å²) < 4.78 is 10.8. The number of nitrogens with one attached hydrogen (secondary N) is 1. The largest absolute Gasteiger partial charge is 0.492 e. The molecule has 0 aliphatic heterocycles. The van der Waals surface area contributed by atoms with Crippen molar-refractivity contribution in [1.82, 2.24) is 0 Å². The van der Waals surface area contributed by atoms with Crippen LogP contribution in [0.1, 0.15) is 26.2 Å². The second-order valence-electron chi connectivity index (χ2n) is 4.66. The maximum absolute atomic E-state index is 6.18. The highest BCUT2D eigenvalue weighted by molar-refractivity contribution is 6.32. The molecule has 0 atom stereocenters. The lowest BCUT2D eigenvalue weighted by Crippen LogP contribution is -2.40. The minimum Gasteiger partial charge on any atom is -0.492 e. The van der Waals surface area contributed by atoms with Crippen LogP contribution in [0, 0.1) is 0 Å². The van der Waals surface area contributed by atoms with Gasteiger partial charge in [-0.05, 0) is 37.5 Å². The highest BCUT2D eigenvalue weighted by atomic mass is 35.5. The molecule has 0 bridgehead atoms. The van der Waals surface area contributed by atoms with Crippen LogP contribution in [0.5, 0.6) is 5.75 Å². The first-order valence-corrected chi connectivity index (χ1v) is 6.82. The van der Waals surface area contributed by atoms with E-state index in [1.165, 1.54) is 0 Å². The van der Waals surface area contributed by atoms with E-state index in [0.717, 1.165) is 30.7 Å². The molecule has 1 saturated carbocycles. The zero-order chi connectivity index (χ0) is 13.0. The van der Waals surface area contributed by atoms with Crippen molar-refractivity contribution in [2.45, 2.75) is 38.3 Å². The molecule has 100 valence electrons. The summed E-state index contributed by atoms with van der Waals surface area (Å²) in [6, 6.07) is 6.35. The van der Waals surface area contributed by atoms with E-state index in [4.69, 9.17) is 21.1 Å². The Morgan fingerprint density at radius 2 is 2.17 bits per heavy atom. The van der Waals surface area contributed by atoms with Crippen molar-refractivity contribution in [3.63, 3.8) is 0 Å². The number of rotatable bonds is 6. The van der Waals surface area contributed by atoms with Crippen LogP contribution >= 0.6 is 11.6 Å². The maximum Gasteiger partial charge on any atom is 0.138 e. The van der Waals surface area contributed by atoms with E-state index in [2.05, 4.69) is 12.2 Å². The Labute approximate surface area is 113 Å². The van der Waals surface area contributed by atoms with Crippen molar-refractivity contribution in [2.75, 3.05) is 19.0 Å². The molecule has 1 fully saturated rings. The van der Waals surface area contributed by atoms with E-state index in [0.29, 0.717) is 23.8 Å². The van der Waals surface area contributed by atoms with Gasteiger partial charge in [0.2, 0.25) is 0 Å². The van der Waals surface area contributed by atoms with Gasteiger partial charge in [-0.25, -0.2) is 0 Å². The van der Waals surface area contributed by atoms with Crippen molar-refractivity contribution in [3.05, 3.63) is 23.2 Å². The molecule has 18 heavy (non-hydrogen) atoms. The van der Waals surface area contributed by atoms with E-state index in [1.807, 2.05) is 18.2 Å². The first-order chi connectivity index (χ1) is 8.72. The molecule has 1 N–H and O–H groups in total. The van der Waals surface area contributed by atoms with Crippen molar-refractivity contribution in [3.8, 4) is 5.75 Å². The van der Waals surface area contributed by atoms with E-state index in [9.17, 15) is 0 Å². The number of methoxy groups -OCH3 is 1. The van der Waals surface area contributed by atoms with Crippen molar-refractivity contribution >= 4 is 17.3 Å². The number of ether oxygens (including phenoxy) is 2. The van der Waals surface area contributed by atoms with Gasteiger partial charge < -0.3 is 14.8 Å². The molecule has 0 spiro atoms. The number of benzene rings is 1. The van der Waals surface area contributed by atoms with Crippen LogP contribution in [-0.4, -0.2) is 25.9 Å². The highest BCUT2D eigenvalue weighted by Crippen LogP contribution is 2.31. The third-order valence-electron chi connectivity index (χ3n) is 3.19. The smallest absolute Gasteiger partial charge is 0.138 e. The molecule has 0 amide bonds. The van der Waals surface area contributed by atoms with Crippen LogP contribution in [-0.2, 0) is 4.74 Å². The SMILES string of the molecule is CCCOc1ccc(NC2CC(OC)C2)cc1Cl. The molecule has 0 heterocycles. The summed E-state index contributed by atoms with van der Waals surface area (Å²) in [5.74, 6) is 0.757. The third-order valence-corrected chi connectivity index (χ3v) is 3.49. The Hall–Kier alpha value is -0.930. The standard InChI is InChI=1S/C14H20ClNO2/c1-3-6-18-14-5-4-10(9-13(14)15)16-11-7-12(8-11)17-2/h4-5,9,11-12,16H,3,6-8H2,1-2H3. The number of hydrogen-bond acceptors (Lipinski definition) is 3. The first-order valence-electron chi connectivity index (χ1n) is 6.44. The zero-order valence-electron chi connectivity index (χ0n) is 10.9. The van der Waals surface area contributed by atoms with Gasteiger partial charge in [0.1, 0.15) is 5.75 Å². The number of hydrogen-bond donors (Lipinski definition) is 1. The van der Waals surface area contributed by atoms with Gasteiger partial charge in [0.05, 0.1) is 17.7 Å². The quantitative estimate of drug-likeness (QED) is 0.854. The van der Waals surface area contributed by atoms with E-state index < -0.39 is 0 Å². The molecule has 0 unspecified atom stereocenters. The lowest BCUT2D eigenvalue weighted by Gasteiger charge is -2.35. The third kappa shape index (κ3) is 3.30. The number of anilines is 1. The highest BCUT2D eigenvalue weighted by Gasteiger charge is 2.28. The average molecular weight is 270 g/mol. The fraction of sp³-hybridized carbons (Fsp3) is 0.571. The van der Waals surface area contributed by atoms with Gasteiger partial charge in [-0.15, -0.1) is 0 Å². The summed E-state index contributed by atoms with van der Waals surface area (Å²) >= 11 is 6.18. The van der Waals surface area contributed by atoms with Crippen LogP contribution in [0.25, 0.3) is 0 Å². The summed E-state index contributed by atoms with van der Waals surface area (Å²) in [5, 5.41) is 4.11. The maximum atomic E-state index is 6.18. The van der Waals surface area contributed by atoms with E-state index >= 15 is 0 Å². The Morgan fingerprint density at radius 3 is 2.78 bits per heavy atom. The van der Waals surface area contributed by atoms with Crippen LogP contribution in [0.4, 0.5) is 5.69 Å². The Kier molecular flexibility index (Phi) is 4.72. The van der Waals surface area contributed by atoms with Crippen molar-refractivity contribution in [2.24, 2.45) is 0 Å². The fourth-order valence-electron chi connectivity index (χ4n) is 2.03. The molecule has 3 nitrogen and oxygen atoms in total. The van der Waals surface area contributed by atoms with Gasteiger partial charge in [-0.3, -0.25) is 0 Å². The van der Waals surface area contributed by atoms with Gasteiger partial charge in [0.15, 0.2) is 0 Å². The predicted octanol–water partition coefficient (Wildman–Crippen LogP) is 3.72. The lowest BCUT2D eigenvalue weighted by molar-refractivity contribution is 0.0329. The predicted molar refractivity (Wildman–Crippen MR) is 74.7 cm³/mol. The molecule has 2 rings (SSSR count). The van der Waals surface area contributed by atoms with Gasteiger partial charge >= 0.3 is 0 Å². The fourth-order valence-corrected chi connectivity index (χ4v) is 2.27. The lowest BCUT2D eigenvalue weighted by atomic mass is 9.89. The number of halogens is 1. The minimum absolute atomic E-state index is 0.408. The van der Waals surface area contributed by atoms with E-state index in [1.54, 1.807) is 7.11 Å². The van der Waals surface area contributed by atoms with E-state index in [-0.39, 0.29) is 0 Å². The molecule has 1 aromatic carbocycles. The van der Waals surface area contributed by atoms with Crippen LogP contribution < -0.4 is 10.1 Å². The Balaban J connectivity index is 1.88. The van der Waals surface area contributed by atoms with Gasteiger partial charge in [-0.2, -0.15) is 0 Å². The van der Waals surface area contributed by atoms with Crippen molar-refractivity contribution in [1.29, 1.82) is 0 Å². The summed E-state index contributed by atoms with van der Waals surface area (Å²) in [6.07, 6.45) is 3.51. The molecule has 4 heteroatoms. The molecule has 0 saturated heterocycles. The molecular formula is C14H20ClNO2.